The van der Waals surface area contributed by atoms with Crippen molar-refractivity contribution < 1.29 is 14.6 Å². The lowest BCUT2D eigenvalue weighted by Crippen LogP contribution is -2.15. The number of carboxylic acid groups (broad SMARTS) is 1. The van der Waals surface area contributed by atoms with E-state index in [0.717, 1.165) is 16.9 Å². The van der Waals surface area contributed by atoms with E-state index in [1.807, 2.05) is 13.8 Å². The highest BCUT2D eigenvalue weighted by Gasteiger charge is 2.16. The van der Waals surface area contributed by atoms with Gasteiger partial charge in [0.2, 0.25) is 0 Å². The van der Waals surface area contributed by atoms with Crippen LogP contribution in [0.5, 0.6) is 5.75 Å². The number of hydrogen-bond donors (Lipinski definition) is 1. The van der Waals surface area contributed by atoms with Crippen LogP contribution in [0.25, 0.3) is 10.2 Å². The number of ether oxygens (including phenoxy) is 1. The second-order valence-corrected chi connectivity index (χ2v) is 7.19. The SMILES string of the molecule is C.C.Cc1cnc([C@@H](C)Oc2cc3sc(=O)n(CCC(=O)O)c3cc2Cl)nc1. The highest BCUT2D eigenvalue weighted by Crippen LogP contribution is 2.34. The van der Waals surface area contributed by atoms with Crippen molar-refractivity contribution in [2.75, 3.05) is 0 Å². The number of carboxylic acids is 1. The molecule has 0 saturated heterocycles. The van der Waals surface area contributed by atoms with Gasteiger partial charge in [-0.15, -0.1) is 0 Å². The van der Waals surface area contributed by atoms with Crippen LogP contribution < -0.4 is 9.61 Å². The molecule has 3 aromatic rings. The van der Waals surface area contributed by atoms with E-state index in [-0.39, 0.29) is 32.7 Å². The molecule has 1 atom stereocenters. The number of benzene rings is 1. The zero-order chi connectivity index (χ0) is 18.8. The highest BCUT2D eigenvalue weighted by molar-refractivity contribution is 7.16. The molecule has 9 heteroatoms. The number of aliphatic carboxylic acids is 1. The fourth-order valence-corrected chi connectivity index (χ4v) is 3.56. The molecule has 0 radical (unpaired) electrons. The van der Waals surface area contributed by atoms with Crippen molar-refractivity contribution in [1.82, 2.24) is 14.5 Å². The Bertz CT molecular complexity index is 1010. The van der Waals surface area contributed by atoms with Gasteiger partial charge in [-0.25, -0.2) is 9.97 Å². The van der Waals surface area contributed by atoms with Gasteiger partial charge in [0, 0.05) is 25.0 Å². The number of rotatable bonds is 6. The fourth-order valence-electron chi connectivity index (χ4n) is 2.43. The molecule has 0 bridgehead atoms. The molecule has 2 heterocycles. The average Bonchev–Trinajstić information content (AvgIpc) is 2.88. The third-order valence-electron chi connectivity index (χ3n) is 3.74. The van der Waals surface area contributed by atoms with Gasteiger partial charge in [0.05, 0.1) is 21.7 Å². The van der Waals surface area contributed by atoms with Crippen LogP contribution in [0.1, 0.15) is 45.7 Å². The summed E-state index contributed by atoms with van der Waals surface area (Å²) in [5.41, 5.74) is 1.55. The standard InChI is InChI=1S/C17H16ClN3O4S.2CH4/c1-9-7-19-16(20-8-9)10(2)25-13-6-14-12(5-11(13)18)21(17(24)26-14)4-3-15(22)23;;/h5-8,10H,3-4H2,1-2H3,(H,22,23);2*1H4/t10-;;/m1../s1. The predicted molar refractivity (Wildman–Crippen MR) is 113 cm³/mol. The maximum absolute atomic E-state index is 12.1. The van der Waals surface area contributed by atoms with Crippen molar-refractivity contribution in [3.8, 4) is 5.75 Å². The summed E-state index contributed by atoms with van der Waals surface area (Å²) in [6.07, 6.45) is 2.86. The largest absolute Gasteiger partial charge is 0.481 e. The number of aryl methyl sites for hydroxylation is 2. The number of aromatic nitrogens is 3. The molecular formula is C19H24ClN3O4S. The molecule has 0 aliphatic rings. The lowest BCUT2D eigenvalue weighted by atomic mass is 10.3. The smallest absolute Gasteiger partial charge is 0.308 e. The normalized spacial score (nSPS) is 11.4. The molecule has 7 nitrogen and oxygen atoms in total. The first-order chi connectivity index (χ1) is 12.3. The Hall–Kier alpha value is -2.45. The number of hydrogen-bond acceptors (Lipinski definition) is 6. The monoisotopic (exact) mass is 425 g/mol. The van der Waals surface area contributed by atoms with Gasteiger partial charge in [-0.05, 0) is 25.5 Å². The summed E-state index contributed by atoms with van der Waals surface area (Å²) < 4.78 is 7.96. The van der Waals surface area contributed by atoms with Crippen LogP contribution in [-0.4, -0.2) is 25.6 Å². The van der Waals surface area contributed by atoms with Crippen LogP contribution in [0.4, 0.5) is 0 Å². The summed E-state index contributed by atoms with van der Waals surface area (Å²) in [6.45, 7) is 3.81. The zero-order valence-corrected chi connectivity index (χ0v) is 15.7. The van der Waals surface area contributed by atoms with Crippen molar-refractivity contribution >= 4 is 39.1 Å². The topological polar surface area (TPSA) is 94.3 Å². The lowest BCUT2D eigenvalue weighted by Gasteiger charge is -2.15. The second kappa shape index (κ2) is 9.66. The Balaban J connectivity index is 0.00000196. The first-order valence-electron chi connectivity index (χ1n) is 7.85. The predicted octanol–water partition coefficient (Wildman–Crippen LogP) is 4.70. The summed E-state index contributed by atoms with van der Waals surface area (Å²) in [4.78, 5) is 31.2. The quantitative estimate of drug-likeness (QED) is 0.615. The summed E-state index contributed by atoms with van der Waals surface area (Å²) in [7, 11) is 0. The number of fused-ring (bicyclic) bond motifs is 1. The van der Waals surface area contributed by atoms with Crippen molar-refractivity contribution in [2.24, 2.45) is 0 Å². The lowest BCUT2D eigenvalue weighted by molar-refractivity contribution is -0.137. The summed E-state index contributed by atoms with van der Waals surface area (Å²) in [5.74, 6) is -0.0179. The molecule has 0 fully saturated rings. The summed E-state index contributed by atoms with van der Waals surface area (Å²) in [5, 5.41) is 9.16. The zero-order valence-electron chi connectivity index (χ0n) is 14.1. The second-order valence-electron chi connectivity index (χ2n) is 5.79. The minimum Gasteiger partial charge on any atom is -0.481 e. The molecule has 1 aromatic carbocycles. The van der Waals surface area contributed by atoms with Gasteiger partial charge in [0.1, 0.15) is 5.75 Å². The van der Waals surface area contributed by atoms with Crippen LogP contribution in [0.15, 0.2) is 29.3 Å². The van der Waals surface area contributed by atoms with Crippen molar-refractivity contribution in [2.45, 2.75) is 47.8 Å². The van der Waals surface area contributed by atoms with Crippen LogP contribution in [0.3, 0.4) is 0 Å². The van der Waals surface area contributed by atoms with E-state index in [1.165, 1.54) is 4.57 Å². The minimum atomic E-state index is -0.964. The molecule has 2 aromatic heterocycles. The third-order valence-corrected chi connectivity index (χ3v) is 4.98. The van der Waals surface area contributed by atoms with Crippen molar-refractivity contribution in [1.29, 1.82) is 0 Å². The minimum absolute atomic E-state index is 0. The third kappa shape index (κ3) is 5.08. The van der Waals surface area contributed by atoms with Crippen LogP contribution in [0, 0.1) is 6.92 Å². The summed E-state index contributed by atoms with van der Waals surface area (Å²) in [6, 6.07) is 3.31. The van der Waals surface area contributed by atoms with Gasteiger partial charge in [0.15, 0.2) is 11.9 Å². The van der Waals surface area contributed by atoms with Crippen LogP contribution in [0.2, 0.25) is 5.02 Å². The van der Waals surface area contributed by atoms with E-state index in [0.29, 0.717) is 26.8 Å². The van der Waals surface area contributed by atoms with Gasteiger partial charge >= 0.3 is 10.8 Å². The number of nitrogens with zero attached hydrogens (tertiary/aromatic N) is 3. The Labute approximate surface area is 172 Å². The Morgan fingerprint density at radius 1 is 1.32 bits per heavy atom. The maximum atomic E-state index is 12.1. The molecule has 3 rings (SSSR count). The molecule has 1 N–H and O–H groups in total. The first kappa shape index (κ1) is 23.6. The van der Waals surface area contributed by atoms with Crippen molar-refractivity contribution in [3.05, 3.63) is 50.6 Å². The summed E-state index contributed by atoms with van der Waals surface area (Å²) >= 11 is 7.33. The van der Waals surface area contributed by atoms with Gasteiger partial charge in [0.25, 0.3) is 0 Å². The number of carbonyl (C=O) groups is 1. The Morgan fingerprint density at radius 2 is 1.96 bits per heavy atom. The molecule has 0 saturated carbocycles. The van der Waals surface area contributed by atoms with Gasteiger partial charge < -0.3 is 9.84 Å². The van der Waals surface area contributed by atoms with Crippen molar-refractivity contribution in [3.63, 3.8) is 0 Å². The molecular weight excluding hydrogens is 402 g/mol. The van der Waals surface area contributed by atoms with Crippen LogP contribution >= 0.6 is 22.9 Å². The van der Waals surface area contributed by atoms with E-state index in [4.69, 9.17) is 21.4 Å². The fraction of sp³-hybridized carbons (Fsp3) is 0.368. The van der Waals surface area contributed by atoms with E-state index in [2.05, 4.69) is 9.97 Å². The highest BCUT2D eigenvalue weighted by atomic mass is 35.5. The van der Waals surface area contributed by atoms with E-state index in [1.54, 1.807) is 24.5 Å². The van der Waals surface area contributed by atoms with E-state index >= 15 is 0 Å². The Morgan fingerprint density at radius 3 is 2.57 bits per heavy atom. The molecule has 0 unspecified atom stereocenters. The molecule has 0 aliphatic carbocycles. The molecule has 0 aliphatic heterocycles. The maximum Gasteiger partial charge on any atom is 0.308 e. The average molecular weight is 426 g/mol. The van der Waals surface area contributed by atoms with Gasteiger partial charge in [-0.1, -0.05) is 37.8 Å². The van der Waals surface area contributed by atoms with Crippen LogP contribution in [-0.2, 0) is 11.3 Å². The molecule has 152 valence electrons. The first-order valence-corrected chi connectivity index (χ1v) is 9.04. The van der Waals surface area contributed by atoms with E-state index in [9.17, 15) is 9.59 Å². The number of thiazole rings is 1. The van der Waals surface area contributed by atoms with Gasteiger partial charge in [-0.2, -0.15) is 0 Å². The van der Waals surface area contributed by atoms with E-state index < -0.39 is 12.1 Å². The molecule has 0 spiro atoms. The number of halogens is 1. The Kier molecular flexibility index (Phi) is 8.14. The van der Waals surface area contributed by atoms with Gasteiger partial charge in [-0.3, -0.25) is 14.2 Å². The molecule has 0 amide bonds. The molecule has 28 heavy (non-hydrogen) atoms.